The van der Waals surface area contributed by atoms with E-state index in [-0.39, 0.29) is 29.8 Å². The van der Waals surface area contributed by atoms with Crippen molar-refractivity contribution in [3.05, 3.63) is 20.7 Å². The molecule has 1 aromatic rings. The summed E-state index contributed by atoms with van der Waals surface area (Å²) in [5.41, 5.74) is 0.776. The first-order valence-corrected chi connectivity index (χ1v) is 6.65. The monoisotopic (exact) mass is 269 g/mol. The van der Waals surface area contributed by atoms with E-state index in [1.807, 2.05) is 0 Å². The average molecular weight is 269 g/mol. The zero-order valence-electron chi connectivity index (χ0n) is 10.1. The van der Waals surface area contributed by atoms with E-state index in [1.165, 1.54) is 9.47 Å². The second-order valence-corrected chi connectivity index (χ2v) is 5.07. The summed E-state index contributed by atoms with van der Waals surface area (Å²) in [4.78, 5) is 36.3. The Hall–Kier alpha value is -1.63. The largest absolute Gasteiger partial charge is 0.354 e. The van der Waals surface area contributed by atoms with Gasteiger partial charge in [-0.3, -0.25) is 19.0 Å². The molecule has 1 fully saturated rings. The molecule has 6 nitrogen and oxygen atoms in total. The summed E-state index contributed by atoms with van der Waals surface area (Å²) in [6, 6.07) is 0. The smallest absolute Gasteiger partial charge is 0.307 e. The molecule has 1 aliphatic rings. The van der Waals surface area contributed by atoms with Crippen molar-refractivity contribution in [3.63, 3.8) is 0 Å². The van der Waals surface area contributed by atoms with Crippen LogP contribution in [0.4, 0.5) is 0 Å². The first-order valence-electron chi connectivity index (χ1n) is 5.77. The Morgan fingerprint density at radius 3 is 2.94 bits per heavy atom. The van der Waals surface area contributed by atoms with Crippen LogP contribution in [0, 0.1) is 6.92 Å². The zero-order valence-corrected chi connectivity index (χ0v) is 11.0. The molecule has 2 heterocycles. The molecule has 2 amide bonds. The van der Waals surface area contributed by atoms with Gasteiger partial charge >= 0.3 is 4.87 Å². The van der Waals surface area contributed by atoms with Gasteiger partial charge in [-0.25, -0.2) is 0 Å². The van der Waals surface area contributed by atoms with Crippen LogP contribution >= 0.6 is 11.3 Å². The minimum atomic E-state index is -0.185. The van der Waals surface area contributed by atoms with Crippen molar-refractivity contribution in [3.8, 4) is 0 Å². The lowest BCUT2D eigenvalue weighted by atomic mass is 10.3. The average Bonchev–Trinajstić information content (AvgIpc) is 2.56. The molecule has 0 bridgehead atoms. The lowest BCUT2D eigenvalue weighted by Crippen LogP contribution is -2.40. The Morgan fingerprint density at radius 1 is 1.50 bits per heavy atom. The molecule has 0 atom stereocenters. The topological polar surface area (TPSA) is 71.4 Å². The van der Waals surface area contributed by atoms with E-state index in [0.29, 0.717) is 13.1 Å². The molecule has 1 aromatic heterocycles. The van der Waals surface area contributed by atoms with Gasteiger partial charge in [0, 0.05) is 24.2 Å². The summed E-state index contributed by atoms with van der Waals surface area (Å²) < 4.78 is 1.44. The maximum Gasteiger partial charge on any atom is 0.307 e. The number of carbonyl (C=O) groups excluding carboxylic acids is 2. The van der Waals surface area contributed by atoms with Gasteiger partial charge < -0.3 is 10.2 Å². The number of nitrogens with one attached hydrogen (secondary N) is 1. The zero-order chi connectivity index (χ0) is 13.1. The van der Waals surface area contributed by atoms with Gasteiger partial charge in [0.15, 0.2) is 0 Å². The number of hydrogen-bond acceptors (Lipinski definition) is 4. The van der Waals surface area contributed by atoms with Crippen molar-refractivity contribution >= 4 is 23.2 Å². The van der Waals surface area contributed by atoms with Crippen molar-refractivity contribution in [2.75, 3.05) is 19.6 Å². The highest BCUT2D eigenvalue weighted by molar-refractivity contribution is 7.07. The van der Waals surface area contributed by atoms with Gasteiger partial charge in [-0.2, -0.15) is 0 Å². The first kappa shape index (κ1) is 12.8. The summed E-state index contributed by atoms with van der Waals surface area (Å²) in [7, 11) is 0. The van der Waals surface area contributed by atoms with Crippen molar-refractivity contribution < 1.29 is 9.59 Å². The highest BCUT2D eigenvalue weighted by Gasteiger charge is 2.20. The molecule has 1 aliphatic heterocycles. The van der Waals surface area contributed by atoms with Crippen LogP contribution < -0.4 is 10.2 Å². The second kappa shape index (κ2) is 5.34. The van der Waals surface area contributed by atoms with E-state index in [0.717, 1.165) is 23.5 Å². The lowest BCUT2D eigenvalue weighted by Gasteiger charge is -2.19. The molecule has 0 unspecified atom stereocenters. The van der Waals surface area contributed by atoms with E-state index in [9.17, 15) is 14.4 Å². The van der Waals surface area contributed by atoms with Crippen molar-refractivity contribution in [2.45, 2.75) is 19.9 Å². The maximum atomic E-state index is 12.1. The molecule has 1 saturated heterocycles. The quantitative estimate of drug-likeness (QED) is 0.791. The number of aryl methyl sites for hydroxylation is 1. The van der Waals surface area contributed by atoms with Crippen molar-refractivity contribution in [1.29, 1.82) is 0 Å². The van der Waals surface area contributed by atoms with Gasteiger partial charge in [-0.05, 0) is 13.3 Å². The third kappa shape index (κ3) is 2.79. The SMILES string of the molecule is Cc1csc(=O)n1CC(=O)N1CCCNC(=O)C1. The van der Waals surface area contributed by atoms with Crippen LogP contribution in [0.15, 0.2) is 10.2 Å². The Kier molecular flexibility index (Phi) is 3.81. The molecule has 0 spiro atoms. The standard InChI is InChI=1S/C11H15N3O3S/c1-8-7-18-11(17)14(8)6-10(16)13-4-2-3-12-9(15)5-13/h7H,2-6H2,1H3,(H,12,15). The Morgan fingerprint density at radius 2 is 2.28 bits per heavy atom. The van der Waals surface area contributed by atoms with Crippen molar-refractivity contribution in [2.24, 2.45) is 0 Å². The molecular formula is C11H15N3O3S. The van der Waals surface area contributed by atoms with Crippen LogP contribution in [-0.2, 0) is 16.1 Å². The molecule has 1 N–H and O–H groups in total. The number of rotatable bonds is 2. The summed E-state index contributed by atoms with van der Waals surface area (Å²) in [6.45, 7) is 3.04. The summed E-state index contributed by atoms with van der Waals surface area (Å²) in [5, 5.41) is 4.44. The number of carbonyl (C=O) groups is 2. The number of aromatic nitrogens is 1. The predicted molar refractivity (Wildman–Crippen MR) is 67.5 cm³/mol. The van der Waals surface area contributed by atoms with Gasteiger partial charge in [0.1, 0.15) is 6.54 Å². The number of thiazole rings is 1. The van der Waals surface area contributed by atoms with Gasteiger partial charge in [-0.1, -0.05) is 11.3 Å². The molecule has 2 rings (SSSR count). The Labute approximate surface area is 108 Å². The number of hydrogen-bond donors (Lipinski definition) is 1. The molecule has 7 heteroatoms. The van der Waals surface area contributed by atoms with Gasteiger partial charge in [0.2, 0.25) is 11.8 Å². The molecular weight excluding hydrogens is 254 g/mol. The maximum absolute atomic E-state index is 12.1. The summed E-state index contributed by atoms with van der Waals surface area (Å²) >= 11 is 1.08. The molecule has 0 aliphatic carbocycles. The van der Waals surface area contributed by atoms with Crippen LogP contribution in [0.5, 0.6) is 0 Å². The van der Waals surface area contributed by atoms with Gasteiger partial charge in [0.25, 0.3) is 0 Å². The third-order valence-corrected chi connectivity index (χ3v) is 3.76. The highest BCUT2D eigenvalue weighted by Crippen LogP contribution is 2.03. The van der Waals surface area contributed by atoms with Crippen LogP contribution in [0.2, 0.25) is 0 Å². The molecule has 0 saturated carbocycles. The van der Waals surface area contributed by atoms with Crippen LogP contribution in [-0.4, -0.2) is 40.9 Å². The van der Waals surface area contributed by atoms with Crippen LogP contribution in [0.1, 0.15) is 12.1 Å². The highest BCUT2D eigenvalue weighted by atomic mass is 32.1. The summed E-state index contributed by atoms with van der Waals surface area (Å²) in [5.74, 6) is -0.328. The fourth-order valence-electron chi connectivity index (χ4n) is 1.85. The predicted octanol–water partition coefficient (Wildman–Crippen LogP) is -0.433. The van der Waals surface area contributed by atoms with E-state index >= 15 is 0 Å². The van der Waals surface area contributed by atoms with Crippen LogP contribution in [0.25, 0.3) is 0 Å². The van der Waals surface area contributed by atoms with E-state index in [1.54, 1.807) is 12.3 Å². The minimum absolute atomic E-state index is 0.0153. The second-order valence-electron chi connectivity index (χ2n) is 4.25. The third-order valence-electron chi connectivity index (χ3n) is 2.88. The Bertz CT molecular complexity index is 520. The van der Waals surface area contributed by atoms with E-state index in [2.05, 4.69) is 5.32 Å². The summed E-state index contributed by atoms with van der Waals surface area (Å²) in [6.07, 6.45) is 0.745. The van der Waals surface area contributed by atoms with Crippen molar-refractivity contribution in [1.82, 2.24) is 14.8 Å². The minimum Gasteiger partial charge on any atom is -0.354 e. The normalized spacial score (nSPS) is 16.3. The van der Waals surface area contributed by atoms with Gasteiger partial charge in [-0.15, -0.1) is 0 Å². The Balaban J connectivity index is 2.07. The molecule has 18 heavy (non-hydrogen) atoms. The fourth-order valence-corrected chi connectivity index (χ4v) is 2.58. The first-order chi connectivity index (χ1) is 8.58. The number of amides is 2. The van der Waals surface area contributed by atoms with E-state index < -0.39 is 0 Å². The van der Waals surface area contributed by atoms with Crippen LogP contribution in [0.3, 0.4) is 0 Å². The molecule has 98 valence electrons. The fraction of sp³-hybridized carbons (Fsp3) is 0.545. The molecule has 0 radical (unpaired) electrons. The lowest BCUT2D eigenvalue weighted by molar-refractivity contribution is -0.135. The number of nitrogens with zero attached hydrogens (tertiary/aromatic N) is 2. The van der Waals surface area contributed by atoms with E-state index in [4.69, 9.17) is 0 Å². The van der Waals surface area contributed by atoms with Gasteiger partial charge in [0.05, 0.1) is 6.54 Å². The molecule has 0 aromatic carbocycles.